The van der Waals surface area contributed by atoms with Crippen LogP contribution in [-0.4, -0.2) is 19.8 Å². The Labute approximate surface area is 135 Å². The lowest BCUT2D eigenvalue weighted by atomic mass is 10.2. The molecule has 0 aliphatic carbocycles. The maximum Gasteiger partial charge on any atom is 0.250 e. The summed E-state index contributed by atoms with van der Waals surface area (Å²) in [6.45, 7) is 15.2. The van der Waals surface area contributed by atoms with E-state index in [1.165, 1.54) is 0 Å². The fourth-order valence-corrected chi connectivity index (χ4v) is 3.03. The third kappa shape index (κ3) is 3.87. The Kier molecular flexibility index (Phi) is 4.92. The number of pyridine rings is 1. The topological polar surface area (TPSA) is 34.1 Å². The molecule has 0 atom stereocenters. The second-order valence-corrected chi connectivity index (χ2v) is 12.0. The maximum absolute atomic E-state index is 6.37. The molecule has 2 rings (SSSR count). The highest BCUT2D eigenvalue weighted by molar-refractivity contribution is 6.74. The largest absolute Gasteiger partial charge is 0.543 e. The Morgan fingerprint density at radius 1 is 1.14 bits per heavy atom. The van der Waals surface area contributed by atoms with Crippen LogP contribution >= 0.6 is 0 Å². The van der Waals surface area contributed by atoms with Gasteiger partial charge in [-0.1, -0.05) is 33.8 Å². The summed E-state index contributed by atoms with van der Waals surface area (Å²) in [5.41, 5.74) is 2.10. The lowest BCUT2D eigenvalue weighted by molar-refractivity contribution is 0.493. The van der Waals surface area contributed by atoms with Crippen molar-refractivity contribution in [1.82, 2.24) is 10.3 Å². The van der Waals surface area contributed by atoms with E-state index in [0.717, 1.165) is 35.4 Å². The van der Waals surface area contributed by atoms with Crippen molar-refractivity contribution in [2.45, 2.75) is 52.4 Å². The van der Waals surface area contributed by atoms with Crippen LogP contribution in [0.2, 0.25) is 18.1 Å². The monoisotopic (exact) mass is 316 g/mol. The Balaban J connectivity index is 2.24. The van der Waals surface area contributed by atoms with Gasteiger partial charge in [-0.15, -0.1) is 0 Å². The highest BCUT2D eigenvalue weighted by atomic mass is 28.4. The van der Waals surface area contributed by atoms with Gasteiger partial charge in [-0.2, -0.15) is 0 Å². The van der Waals surface area contributed by atoms with Crippen molar-refractivity contribution in [3.63, 3.8) is 0 Å². The molecule has 1 heterocycles. The standard InChI is InChI=1S/C18H28N2OSi/c1-7-19-13-15-9-8-14-12-16(10-11-17(14)20-15)21-22(5,6)18(2,3)4/h8-12,19H,7,13H2,1-6H3. The van der Waals surface area contributed by atoms with E-state index < -0.39 is 8.32 Å². The van der Waals surface area contributed by atoms with E-state index in [4.69, 9.17) is 9.41 Å². The van der Waals surface area contributed by atoms with Crippen molar-refractivity contribution >= 4 is 19.2 Å². The molecule has 0 aliphatic heterocycles. The van der Waals surface area contributed by atoms with Gasteiger partial charge >= 0.3 is 0 Å². The van der Waals surface area contributed by atoms with Crippen LogP contribution in [0.1, 0.15) is 33.4 Å². The summed E-state index contributed by atoms with van der Waals surface area (Å²) in [5, 5.41) is 4.65. The summed E-state index contributed by atoms with van der Waals surface area (Å²) < 4.78 is 6.37. The number of benzene rings is 1. The van der Waals surface area contributed by atoms with Gasteiger partial charge in [0.15, 0.2) is 0 Å². The molecular formula is C18H28N2OSi. The summed E-state index contributed by atoms with van der Waals surface area (Å²) in [6, 6.07) is 10.4. The van der Waals surface area contributed by atoms with Crippen molar-refractivity contribution in [1.29, 1.82) is 0 Å². The van der Waals surface area contributed by atoms with E-state index in [1.807, 2.05) is 6.07 Å². The number of fused-ring (bicyclic) bond motifs is 1. The van der Waals surface area contributed by atoms with Gasteiger partial charge in [-0.05, 0) is 48.9 Å². The second kappa shape index (κ2) is 6.38. The predicted molar refractivity (Wildman–Crippen MR) is 96.9 cm³/mol. The van der Waals surface area contributed by atoms with Gasteiger partial charge < -0.3 is 9.74 Å². The number of rotatable bonds is 5. The lowest BCUT2D eigenvalue weighted by Crippen LogP contribution is -2.43. The van der Waals surface area contributed by atoms with Crippen LogP contribution in [0, 0.1) is 0 Å². The lowest BCUT2D eigenvalue weighted by Gasteiger charge is -2.36. The molecule has 0 saturated heterocycles. The van der Waals surface area contributed by atoms with E-state index in [-0.39, 0.29) is 5.04 Å². The highest BCUT2D eigenvalue weighted by Gasteiger charge is 2.38. The molecule has 1 N–H and O–H groups in total. The van der Waals surface area contributed by atoms with Gasteiger partial charge in [-0.3, -0.25) is 4.98 Å². The van der Waals surface area contributed by atoms with Crippen molar-refractivity contribution in [3.8, 4) is 5.75 Å². The Morgan fingerprint density at radius 3 is 2.50 bits per heavy atom. The van der Waals surface area contributed by atoms with Crippen LogP contribution in [0.25, 0.3) is 10.9 Å². The molecule has 1 aromatic heterocycles. The molecule has 3 nitrogen and oxygen atoms in total. The van der Waals surface area contributed by atoms with Crippen LogP contribution in [0.5, 0.6) is 5.75 Å². The van der Waals surface area contributed by atoms with Gasteiger partial charge in [0.1, 0.15) is 5.75 Å². The first-order valence-corrected chi connectivity index (χ1v) is 10.9. The third-order valence-electron chi connectivity index (χ3n) is 4.45. The first kappa shape index (κ1) is 17.0. The zero-order valence-electron chi connectivity index (χ0n) is 14.7. The zero-order valence-corrected chi connectivity index (χ0v) is 15.7. The van der Waals surface area contributed by atoms with Crippen LogP contribution < -0.4 is 9.74 Å². The molecule has 1 aromatic carbocycles. The Bertz CT molecular complexity index is 647. The average molecular weight is 317 g/mol. The van der Waals surface area contributed by atoms with Crippen LogP contribution in [0.4, 0.5) is 0 Å². The molecule has 22 heavy (non-hydrogen) atoms. The summed E-state index contributed by atoms with van der Waals surface area (Å²) in [7, 11) is -1.79. The number of aromatic nitrogens is 1. The van der Waals surface area contributed by atoms with Gasteiger partial charge in [0.2, 0.25) is 8.32 Å². The van der Waals surface area contributed by atoms with Gasteiger partial charge in [0, 0.05) is 11.9 Å². The number of hydrogen-bond donors (Lipinski definition) is 1. The van der Waals surface area contributed by atoms with E-state index in [9.17, 15) is 0 Å². The Morgan fingerprint density at radius 2 is 1.86 bits per heavy atom. The molecule has 0 fully saturated rings. The molecule has 0 unspecified atom stereocenters. The van der Waals surface area contributed by atoms with Gasteiger partial charge in [-0.25, -0.2) is 0 Å². The number of nitrogens with one attached hydrogen (secondary N) is 1. The number of nitrogens with zero attached hydrogens (tertiary/aromatic N) is 1. The zero-order chi connectivity index (χ0) is 16.4. The molecule has 0 amide bonds. The maximum atomic E-state index is 6.37. The molecule has 0 bridgehead atoms. The minimum Gasteiger partial charge on any atom is -0.543 e. The van der Waals surface area contributed by atoms with E-state index >= 15 is 0 Å². The second-order valence-electron chi connectivity index (χ2n) is 7.30. The molecule has 4 heteroatoms. The SMILES string of the molecule is CCNCc1ccc2cc(O[Si](C)(C)C(C)(C)C)ccc2n1. The first-order valence-electron chi connectivity index (χ1n) is 8.02. The van der Waals surface area contributed by atoms with Crippen molar-refractivity contribution in [3.05, 3.63) is 36.0 Å². The van der Waals surface area contributed by atoms with Crippen LogP contribution in [-0.2, 0) is 6.54 Å². The molecule has 2 aromatic rings. The molecule has 0 spiro atoms. The van der Waals surface area contributed by atoms with Gasteiger partial charge in [0.05, 0.1) is 11.2 Å². The normalized spacial score (nSPS) is 12.6. The van der Waals surface area contributed by atoms with Crippen molar-refractivity contribution in [2.24, 2.45) is 0 Å². The summed E-state index contributed by atoms with van der Waals surface area (Å²) in [4.78, 5) is 4.69. The minimum absolute atomic E-state index is 0.204. The summed E-state index contributed by atoms with van der Waals surface area (Å²) in [5.74, 6) is 0.959. The highest BCUT2D eigenvalue weighted by Crippen LogP contribution is 2.37. The molecule has 120 valence electrons. The predicted octanol–water partition coefficient (Wildman–Crippen LogP) is 4.73. The minimum atomic E-state index is -1.79. The van der Waals surface area contributed by atoms with Crippen LogP contribution in [0.15, 0.2) is 30.3 Å². The Hall–Kier alpha value is -1.39. The van der Waals surface area contributed by atoms with E-state index in [1.54, 1.807) is 0 Å². The van der Waals surface area contributed by atoms with Crippen molar-refractivity contribution < 1.29 is 4.43 Å². The first-order chi connectivity index (χ1) is 10.2. The average Bonchev–Trinajstić information content (AvgIpc) is 2.43. The van der Waals surface area contributed by atoms with Crippen molar-refractivity contribution in [2.75, 3.05) is 6.54 Å². The number of hydrogen-bond acceptors (Lipinski definition) is 3. The van der Waals surface area contributed by atoms with E-state index in [0.29, 0.717) is 0 Å². The quantitative estimate of drug-likeness (QED) is 0.810. The molecule has 0 aliphatic rings. The molecule has 0 saturated carbocycles. The van der Waals surface area contributed by atoms with Gasteiger partial charge in [0.25, 0.3) is 0 Å². The smallest absolute Gasteiger partial charge is 0.250 e. The fourth-order valence-electron chi connectivity index (χ4n) is 2.01. The molecular weight excluding hydrogens is 288 g/mol. The molecule has 0 radical (unpaired) electrons. The summed E-state index contributed by atoms with van der Waals surface area (Å²) in [6.07, 6.45) is 0. The fraction of sp³-hybridized carbons (Fsp3) is 0.500. The van der Waals surface area contributed by atoms with E-state index in [2.05, 4.69) is 70.4 Å². The summed E-state index contributed by atoms with van der Waals surface area (Å²) >= 11 is 0. The third-order valence-corrected chi connectivity index (χ3v) is 8.81. The van der Waals surface area contributed by atoms with Crippen LogP contribution in [0.3, 0.4) is 0 Å².